The largest absolute Gasteiger partial charge is 0.497 e. The van der Waals surface area contributed by atoms with Crippen LogP contribution in [0.5, 0.6) is 5.75 Å². The number of hydrogen-bond acceptors (Lipinski definition) is 4. The number of nitrogens with zero attached hydrogens (tertiary/aromatic N) is 1. The van der Waals surface area contributed by atoms with Crippen molar-refractivity contribution in [1.29, 1.82) is 0 Å². The van der Waals surface area contributed by atoms with Gasteiger partial charge in [-0.2, -0.15) is 0 Å². The van der Waals surface area contributed by atoms with Crippen molar-refractivity contribution < 1.29 is 9.47 Å². The molecule has 1 rings (SSSR count). The van der Waals surface area contributed by atoms with Gasteiger partial charge in [-0.25, -0.2) is 0 Å². The molecule has 0 aliphatic carbocycles. The molecule has 1 aromatic carbocycles. The van der Waals surface area contributed by atoms with E-state index in [9.17, 15) is 0 Å². The monoisotopic (exact) mass is 210 g/mol. The Kier molecular flexibility index (Phi) is 4.24. The zero-order valence-corrected chi connectivity index (χ0v) is 9.49. The second kappa shape index (κ2) is 5.46. The summed E-state index contributed by atoms with van der Waals surface area (Å²) in [6.07, 6.45) is 0. The Balaban J connectivity index is 2.78. The minimum Gasteiger partial charge on any atom is -0.497 e. The molecule has 0 spiro atoms. The van der Waals surface area contributed by atoms with Gasteiger partial charge in [0.25, 0.3) is 0 Å². The summed E-state index contributed by atoms with van der Waals surface area (Å²) in [4.78, 5) is 2.07. The number of rotatable bonds is 5. The molecule has 0 aliphatic heterocycles. The smallest absolute Gasteiger partial charge is 0.122 e. The lowest BCUT2D eigenvalue weighted by Crippen LogP contribution is -2.22. The van der Waals surface area contributed by atoms with E-state index < -0.39 is 0 Å². The molecule has 1 aromatic rings. The van der Waals surface area contributed by atoms with Gasteiger partial charge in [-0.05, 0) is 6.07 Å². The van der Waals surface area contributed by atoms with Crippen molar-refractivity contribution in [3.05, 3.63) is 18.2 Å². The Morgan fingerprint density at radius 1 is 1.27 bits per heavy atom. The SMILES string of the molecule is COCCN(C)c1cc(N)cc(OC)c1. The molecule has 0 unspecified atom stereocenters. The molecule has 0 aliphatic rings. The third-order valence-electron chi connectivity index (χ3n) is 2.22. The maximum Gasteiger partial charge on any atom is 0.122 e. The van der Waals surface area contributed by atoms with Crippen molar-refractivity contribution in [2.45, 2.75) is 0 Å². The molecule has 15 heavy (non-hydrogen) atoms. The van der Waals surface area contributed by atoms with Gasteiger partial charge >= 0.3 is 0 Å². The predicted octanol–water partition coefficient (Wildman–Crippen LogP) is 1.36. The summed E-state index contributed by atoms with van der Waals surface area (Å²) < 4.78 is 10.2. The van der Waals surface area contributed by atoms with Gasteiger partial charge in [0.2, 0.25) is 0 Å². The normalized spacial score (nSPS) is 10.1. The molecule has 4 heteroatoms. The molecule has 0 bridgehead atoms. The van der Waals surface area contributed by atoms with Crippen LogP contribution in [-0.2, 0) is 4.74 Å². The summed E-state index contributed by atoms with van der Waals surface area (Å²) in [5, 5.41) is 0. The summed E-state index contributed by atoms with van der Waals surface area (Å²) in [7, 11) is 5.31. The van der Waals surface area contributed by atoms with Crippen molar-refractivity contribution >= 4 is 11.4 Å². The summed E-state index contributed by atoms with van der Waals surface area (Å²) in [6, 6.07) is 5.66. The third-order valence-corrected chi connectivity index (χ3v) is 2.22. The van der Waals surface area contributed by atoms with Crippen molar-refractivity contribution in [3.63, 3.8) is 0 Å². The number of hydrogen-bond donors (Lipinski definition) is 1. The quantitative estimate of drug-likeness (QED) is 0.745. The number of ether oxygens (including phenoxy) is 2. The Morgan fingerprint density at radius 3 is 2.60 bits per heavy atom. The van der Waals surface area contributed by atoms with Crippen LogP contribution in [0.3, 0.4) is 0 Å². The van der Waals surface area contributed by atoms with Gasteiger partial charge in [0.05, 0.1) is 13.7 Å². The number of methoxy groups -OCH3 is 2. The van der Waals surface area contributed by atoms with Crippen LogP contribution in [0.25, 0.3) is 0 Å². The molecule has 0 radical (unpaired) electrons. The average Bonchev–Trinajstić information content (AvgIpc) is 2.24. The van der Waals surface area contributed by atoms with E-state index in [1.807, 2.05) is 19.2 Å². The van der Waals surface area contributed by atoms with E-state index >= 15 is 0 Å². The molecular weight excluding hydrogens is 192 g/mol. The number of anilines is 2. The Bertz CT molecular complexity index is 315. The highest BCUT2D eigenvalue weighted by atomic mass is 16.5. The molecular formula is C11H18N2O2. The fraction of sp³-hybridized carbons (Fsp3) is 0.455. The molecule has 0 atom stereocenters. The summed E-state index contributed by atoms with van der Waals surface area (Å²) >= 11 is 0. The zero-order valence-electron chi connectivity index (χ0n) is 9.49. The van der Waals surface area contributed by atoms with Crippen molar-refractivity contribution in [3.8, 4) is 5.75 Å². The van der Waals surface area contributed by atoms with Gasteiger partial charge in [0.15, 0.2) is 0 Å². The fourth-order valence-electron chi connectivity index (χ4n) is 1.30. The number of nitrogen functional groups attached to an aromatic ring is 1. The first-order valence-electron chi connectivity index (χ1n) is 4.82. The maximum absolute atomic E-state index is 5.76. The standard InChI is InChI=1S/C11H18N2O2/c1-13(4-5-14-2)10-6-9(12)7-11(8-10)15-3/h6-8H,4-5,12H2,1-3H3. The minimum absolute atomic E-state index is 0.688. The van der Waals surface area contributed by atoms with E-state index in [-0.39, 0.29) is 0 Å². The van der Waals surface area contributed by atoms with E-state index in [0.29, 0.717) is 12.3 Å². The van der Waals surface area contributed by atoms with Crippen LogP contribution in [-0.4, -0.2) is 34.4 Å². The topological polar surface area (TPSA) is 47.7 Å². The van der Waals surface area contributed by atoms with Crippen molar-refractivity contribution in [2.75, 3.05) is 45.1 Å². The molecule has 2 N–H and O–H groups in total. The highest BCUT2D eigenvalue weighted by Crippen LogP contribution is 2.24. The molecule has 4 nitrogen and oxygen atoms in total. The second-order valence-corrected chi connectivity index (χ2v) is 3.38. The maximum atomic E-state index is 5.76. The van der Waals surface area contributed by atoms with Crippen LogP contribution in [0.1, 0.15) is 0 Å². The van der Waals surface area contributed by atoms with E-state index in [1.54, 1.807) is 20.3 Å². The van der Waals surface area contributed by atoms with Crippen LogP contribution in [0.2, 0.25) is 0 Å². The van der Waals surface area contributed by atoms with Crippen LogP contribution in [0, 0.1) is 0 Å². The lowest BCUT2D eigenvalue weighted by Gasteiger charge is -2.19. The second-order valence-electron chi connectivity index (χ2n) is 3.38. The van der Waals surface area contributed by atoms with E-state index in [2.05, 4.69) is 4.90 Å². The Morgan fingerprint density at radius 2 is 2.00 bits per heavy atom. The Hall–Kier alpha value is -1.42. The zero-order chi connectivity index (χ0) is 11.3. The first kappa shape index (κ1) is 11.7. The van der Waals surface area contributed by atoms with Gasteiger partial charge in [0.1, 0.15) is 5.75 Å². The van der Waals surface area contributed by atoms with Crippen molar-refractivity contribution in [1.82, 2.24) is 0 Å². The molecule has 0 heterocycles. The van der Waals surface area contributed by atoms with Crippen molar-refractivity contribution in [2.24, 2.45) is 0 Å². The van der Waals surface area contributed by atoms with Crippen LogP contribution >= 0.6 is 0 Å². The first-order valence-corrected chi connectivity index (χ1v) is 4.82. The van der Waals surface area contributed by atoms with E-state index in [0.717, 1.165) is 18.0 Å². The number of nitrogens with two attached hydrogens (primary N) is 1. The van der Waals surface area contributed by atoms with Crippen LogP contribution < -0.4 is 15.4 Å². The molecule has 0 amide bonds. The average molecular weight is 210 g/mol. The fourth-order valence-corrected chi connectivity index (χ4v) is 1.30. The van der Waals surface area contributed by atoms with Gasteiger partial charge in [-0.15, -0.1) is 0 Å². The van der Waals surface area contributed by atoms with E-state index in [1.165, 1.54) is 0 Å². The number of benzene rings is 1. The molecule has 0 saturated carbocycles. The van der Waals surface area contributed by atoms with Gasteiger partial charge in [-0.1, -0.05) is 0 Å². The summed E-state index contributed by atoms with van der Waals surface area (Å²) in [5.74, 6) is 0.772. The van der Waals surface area contributed by atoms with Crippen LogP contribution in [0.15, 0.2) is 18.2 Å². The number of likely N-dealkylation sites (N-methyl/N-ethyl adjacent to an activating group) is 1. The lowest BCUT2D eigenvalue weighted by molar-refractivity contribution is 0.206. The third kappa shape index (κ3) is 3.32. The predicted molar refractivity (Wildman–Crippen MR) is 62.6 cm³/mol. The lowest BCUT2D eigenvalue weighted by atomic mass is 10.2. The van der Waals surface area contributed by atoms with Gasteiger partial charge in [-0.3, -0.25) is 0 Å². The molecule has 0 fully saturated rings. The van der Waals surface area contributed by atoms with E-state index in [4.69, 9.17) is 15.2 Å². The molecule has 0 saturated heterocycles. The molecule has 84 valence electrons. The first-order chi connectivity index (χ1) is 7.17. The molecule has 0 aromatic heterocycles. The van der Waals surface area contributed by atoms with Gasteiger partial charge < -0.3 is 20.1 Å². The minimum atomic E-state index is 0.688. The Labute approximate surface area is 90.6 Å². The highest BCUT2D eigenvalue weighted by molar-refractivity contribution is 5.60. The highest BCUT2D eigenvalue weighted by Gasteiger charge is 2.03. The summed E-state index contributed by atoms with van der Waals surface area (Å²) in [5.41, 5.74) is 7.50. The summed E-state index contributed by atoms with van der Waals surface area (Å²) in [6.45, 7) is 1.51. The van der Waals surface area contributed by atoms with Gasteiger partial charge in [0, 0.05) is 44.2 Å². The van der Waals surface area contributed by atoms with Crippen LogP contribution in [0.4, 0.5) is 11.4 Å².